The van der Waals surface area contributed by atoms with Crippen LogP contribution in [0.15, 0.2) is 15.9 Å². The second-order valence-electron chi connectivity index (χ2n) is 4.93. The highest BCUT2D eigenvalue weighted by Gasteiger charge is 2.05. The summed E-state index contributed by atoms with van der Waals surface area (Å²) in [5.74, 6) is 1.52. The average Bonchev–Trinajstić information content (AvgIpc) is 2.58. The molecule has 92 valence electrons. The first-order chi connectivity index (χ1) is 7.58. The number of nitrogens with one attached hydrogen (secondary N) is 1. The van der Waals surface area contributed by atoms with Gasteiger partial charge in [-0.3, -0.25) is 0 Å². The van der Waals surface area contributed by atoms with Crippen LogP contribution in [-0.4, -0.2) is 13.1 Å². The lowest BCUT2D eigenvalue weighted by molar-refractivity contribution is 0.476. The topological polar surface area (TPSA) is 12.0 Å². The largest absolute Gasteiger partial charge is 0.316 e. The van der Waals surface area contributed by atoms with Crippen molar-refractivity contribution < 1.29 is 0 Å². The van der Waals surface area contributed by atoms with Gasteiger partial charge in [0.1, 0.15) is 0 Å². The molecule has 1 aromatic heterocycles. The smallest absolute Gasteiger partial charge is 0.0285 e. The van der Waals surface area contributed by atoms with Gasteiger partial charge < -0.3 is 5.32 Å². The van der Waals surface area contributed by atoms with E-state index in [9.17, 15) is 0 Å². The van der Waals surface area contributed by atoms with Crippen molar-refractivity contribution >= 4 is 27.3 Å². The zero-order valence-corrected chi connectivity index (χ0v) is 12.8. The van der Waals surface area contributed by atoms with Crippen molar-refractivity contribution in [2.75, 3.05) is 13.1 Å². The third-order valence-corrected chi connectivity index (χ3v) is 4.26. The van der Waals surface area contributed by atoms with Gasteiger partial charge in [-0.15, -0.1) is 11.3 Å². The molecule has 1 aromatic rings. The van der Waals surface area contributed by atoms with E-state index >= 15 is 0 Å². The SMILES string of the molecule is CC(C)CNCCC(C)Cc1cc(Br)cs1. The van der Waals surface area contributed by atoms with Crippen LogP contribution in [0.4, 0.5) is 0 Å². The molecular weight excluding hydrogens is 282 g/mol. The van der Waals surface area contributed by atoms with Crippen molar-refractivity contribution in [2.24, 2.45) is 11.8 Å². The van der Waals surface area contributed by atoms with E-state index in [1.807, 2.05) is 11.3 Å². The fourth-order valence-electron chi connectivity index (χ4n) is 1.65. The summed E-state index contributed by atoms with van der Waals surface area (Å²) < 4.78 is 1.22. The Hall–Kier alpha value is 0.140. The van der Waals surface area contributed by atoms with Crippen LogP contribution >= 0.6 is 27.3 Å². The lowest BCUT2D eigenvalue weighted by Gasteiger charge is -2.12. The Balaban J connectivity index is 2.13. The monoisotopic (exact) mass is 303 g/mol. The van der Waals surface area contributed by atoms with Gasteiger partial charge in [0.05, 0.1) is 0 Å². The van der Waals surface area contributed by atoms with Crippen molar-refractivity contribution in [2.45, 2.75) is 33.6 Å². The van der Waals surface area contributed by atoms with Crippen LogP contribution in [0.3, 0.4) is 0 Å². The Morgan fingerprint density at radius 1 is 1.38 bits per heavy atom. The first kappa shape index (κ1) is 14.2. The maximum atomic E-state index is 3.50. The zero-order chi connectivity index (χ0) is 12.0. The molecule has 0 aliphatic carbocycles. The molecule has 0 amide bonds. The maximum Gasteiger partial charge on any atom is 0.0285 e. The lowest BCUT2D eigenvalue weighted by Crippen LogP contribution is -2.22. The normalized spacial score (nSPS) is 13.3. The summed E-state index contributed by atoms with van der Waals surface area (Å²) >= 11 is 5.35. The van der Waals surface area contributed by atoms with Gasteiger partial charge in [-0.25, -0.2) is 0 Å². The van der Waals surface area contributed by atoms with Crippen molar-refractivity contribution in [3.8, 4) is 0 Å². The highest BCUT2D eigenvalue weighted by Crippen LogP contribution is 2.23. The Bertz CT molecular complexity index is 296. The van der Waals surface area contributed by atoms with Crippen molar-refractivity contribution in [3.05, 3.63) is 20.8 Å². The van der Waals surface area contributed by atoms with Crippen LogP contribution in [0.5, 0.6) is 0 Å². The predicted molar refractivity (Wildman–Crippen MR) is 77.2 cm³/mol. The van der Waals surface area contributed by atoms with Gasteiger partial charge in [0.25, 0.3) is 0 Å². The van der Waals surface area contributed by atoms with Crippen LogP contribution in [0.2, 0.25) is 0 Å². The van der Waals surface area contributed by atoms with Gasteiger partial charge in [-0.05, 0) is 59.8 Å². The van der Waals surface area contributed by atoms with E-state index in [1.54, 1.807) is 0 Å². The third-order valence-electron chi connectivity index (χ3n) is 2.54. The number of hydrogen-bond acceptors (Lipinski definition) is 2. The standard InChI is InChI=1S/C13H22BrNS/c1-10(2)8-15-5-4-11(3)6-13-7-12(14)9-16-13/h7,9-11,15H,4-6,8H2,1-3H3. The van der Waals surface area contributed by atoms with E-state index in [-0.39, 0.29) is 0 Å². The van der Waals surface area contributed by atoms with Gasteiger partial charge in [0.15, 0.2) is 0 Å². The second kappa shape index (κ2) is 7.46. The van der Waals surface area contributed by atoms with Crippen LogP contribution < -0.4 is 5.32 Å². The highest BCUT2D eigenvalue weighted by atomic mass is 79.9. The quantitative estimate of drug-likeness (QED) is 0.740. The predicted octanol–water partition coefficient (Wildman–Crippen LogP) is 4.32. The molecule has 1 rings (SSSR count). The Labute approximate surface area is 112 Å². The summed E-state index contributed by atoms with van der Waals surface area (Å²) in [7, 11) is 0. The van der Waals surface area contributed by atoms with Crippen LogP contribution in [0.25, 0.3) is 0 Å². The molecule has 0 aliphatic rings. The molecule has 0 fully saturated rings. The molecule has 1 heterocycles. The minimum absolute atomic E-state index is 0.753. The molecule has 0 saturated carbocycles. The second-order valence-corrected chi connectivity index (χ2v) is 6.84. The molecule has 16 heavy (non-hydrogen) atoms. The van der Waals surface area contributed by atoms with E-state index in [2.05, 4.69) is 53.5 Å². The van der Waals surface area contributed by atoms with Gasteiger partial charge in [0.2, 0.25) is 0 Å². The number of hydrogen-bond donors (Lipinski definition) is 1. The molecule has 0 aliphatic heterocycles. The summed E-state index contributed by atoms with van der Waals surface area (Å²) in [6.45, 7) is 9.12. The molecule has 0 bridgehead atoms. The fraction of sp³-hybridized carbons (Fsp3) is 0.692. The first-order valence-corrected chi connectivity index (χ1v) is 7.68. The lowest BCUT2D eigenvalue weighted by atomic mass is 10.0. The molecule has 0 saturated heterocycles. The zero-order valence-electron chi connectivity index (χ0n) is 10.4. The van der Waals surface area contributed by atoms with Crippen molar-refractivity contribution in [3.63, 3.8) is 0 Å². The summed E-state index contributed by atoms with van der Waals surface area (Å²) in [5.41, 5.74) is 0. The number of thiophene rings is 1. The molecule has 0 radical (unpaired) electrons. The fourth-order valence-corrected chi connectivity index (χ4v) is 3.26. The summed E-state index contributed by atoms with van der Waals surface area (Å²) in [6.07, 6.45) is 2.47. The van der Waals surface area contributed by atoms with E-state index in [1.165, 1.54) is 22.2 Å². The highest BCUT2D eigenvalue weighted by molar-refractivity contribution is 9.10. The van der Waals surface area contributed by atoms with Crippen molar-refractivity contribution in [1.29, 1.82) is 0 Å². The average molecular weight is 304 g/mol. The van der Waals surface area contributed by atoms with Gasteiger partial charge in [-0.2, -0.15) is 0 Å². The number of rotatable bonds is 7. The Kier molecular flexibility index (Phi) is 6.62. The third kappa shape index (κ3) is 6.02. The molecule has 0 spiro atoms. The summed E-state index contributed by atoms with van der Waals surface area (Å²) in [6, 6.07) is 2.24. The van der Waals surface area contributed by atoms with Crippen molar-refractivity contribution in [1.82, 2.24) is 5.32 Å². The maximum absolute atomic E-state index is 3.50. The number of halogens is 1. The molecule has 0 aromatic carbocycles. The Morgan fingerprint density at radius 3 is 2.69 bits per heavy atom. The molecule has 1 N–H and O–H groups in total. The minimum Gasteiger partial charge on any atom is -0.316 e. The molecule has 1 nitrogen and oxygen atoms in total. The van der Waals surface area contributed by atoms with E-state index < -0.39 is 0 Å². The molecule has 1 unspecified atom stereocenters. The summed E-state index contributed by atoms with van der Waals surface area (Å²) in [4.78, 5) is 1.49. The van der Waals surface area contributed by atoms with Crippen LogP contribution in [0.1, 0.15) is 32.1 Å². The van der Waals surface area contributed by atoms with E-state index in [4.69, 9.17) is 0 Å². The van der Waals surface area contributed by atoms with E-state index in [0.717, 1.165) is 24.9 Å². The van der Waals surface area contributed by atoms with Crippen LogP contribution in [0, 0.1) is 11.8 Å². The first-order valence-electron chi connectivity index (χ1n) is 6.01. The van der Waals surface area contributed by atoms with Gasteiger partial charge in [-0.1, -0.05) is 20.8 Å². The molecular formula is C13H22BrNS. The summed E-state index contributed by atoms with van der Waals surface area (Å²) in [5, 5.41) is 5.67. The molecule has 3 heteroatoms. The van der Waals surface area contributed by atoms with Crippen LogP contribution in [-0.2, 0) is 6.42 Å². The Morgan fingerprint density at radius 2 is 2.12 bits per heavy atom. The van der Waals surface area contributed by atoms with Gasteiger partial charge in [0, 0.05) is 14.7 Å². The van der Waals surface area contributed by atoms with Gasteiger partial charge >= 0.3 is 0 Å². The minimum atomic E-state index is 0.753. The molecule has 1 atom stereocenters. The van der Waals surface area contributed by atoms with E-state index in [0.29, 0.717) is 0 Å².